The van der Waals surface area contributed by atoms with Crippen LogP contribution < -0.4 is 0 Å². The second-order valence-electron chi connectivity index (χ2n) is 5.21. The second kappa shape index (κ2) is 6.79. The van der Waals surface area contributed by atoms with Gasteiger partial charge in [-0.1, -0.05) is 30.3 Å². The van der Waals surface area contributed by atoms with Gasteiger partial charge in [-0.2, -0.15) is 18.4 Å². The zero-order chi connectivity index (χ0) is 16.2. The lowest BCUT2D eigenvalue weighted by Crippen LogP contribution is -2.53. The minimum absolute atomic E-state index is 0.00584. The molecule has 118 valence electrons. The van der Waals surface area contributed by atoms with Crippen molar-refractivity contribution in [1.29, 1.82) is 5.26 Å². The molecular formula is C15H16F3N3O. The van der Waals surface area contributed by atoms with Gasteiger partial charge in [0.1, 0.15) is 0 Å². The van der Waals surface area contributed by atoms with Crippen LogP contribution in [0.1, 0.15) is 24.4 Å². The number of β-lactam (4-membered cyclic amide) rings is 1. The lowest BCUT2D eigenvalue weighted by atomic mass is 9.94. The molecule has 1 saturated heterocycles. The Morgan fingerprint density at radius 3 is 2.55 bits per heavy atom. The molecule has 2 rings (SSSR count). The molecule has 7 heteroatoms. The third kappa shape index (κ3) is 4.21. The van der Waals surface area contributed by atoms with Crippen molar-refractivity contribution in [2.45, 2.75) is 25.1 Å². The summed E-state index contributed by atoms with van der Waals surface area (Å²) in [7, 11) is 0. The van der Waals surface area contributed by atoms with Crippen molar-refractivity contribution in [1.82, 2.24) is 9.80 Å². The molecule has 1 heterocycles. The molecule has 1 aliphatic heterocycles. The maximum Gasteiger partial charge on any atom is 0.401 e. The first-order valence-corrected chi connectivity index (χ1v) is 6.91. The lowest BCUT2D eigenvalue weighted by molar-refractivity contribution is -0.165. The van der Waals surface area contributed by atoms with Crippen LogP contribution in [-0.2, 0) is 4.79 Å². The van der Waals surface area contributed by atoms with Gasteiger partial charge in [-0.25, -0.2) is 0 Å². The van der Waals surface area contributed by atoms with Crippen molar-refractivity contribution in [2.24, 2.45) is 0 Å². The highest BCUT2D eigenvalue weighted by Gasteiger charge is 2.39. The molecule has 0 radical (unpaired) electrons. The largest absolute Gasteiger partial charge is 0.401 e. The lowest BCUT2D eigenvalue weighted by Gasteiger charge is -2.43. The SMILES string of the molecule is N#CCCN(CN1C(=O)C[C@H]1c1ccccc1)CC(F)(F)F. The van der Waals surface area contributed by atoms with E-state index in [9.17, 15) is 18.0 Å². The summed E-state index contributed by atoms with van der Waals surface area (Å²) in [4.78, 5) is 14.3. The molecule has 22 heavy (non-hydrogen) atoms. The van der Waals surface area contributed by atoms with Gasteiger partial charge >= 0.3 is 6.18 Å². The molecule has 0 aliphatic carbocycles. The van der Waals surface area contributed by atoms with Gasteiger partial charge in [0.2, 0.25) is 5.91 Å². The molecule has 1 aliphatic rings. The van der Waals surface area contributed by atoms with Crippen molar-refractivity contribution in [2.75, 3.05) is 19.8 Å². The Hall–Kier alpha value is -2.07. The number of benzene rings is 1. The van der Waals surface area contributed by atoms with Crippen LogP contribution >= 0.6 is 0 Å². The quantitative estimate of drug-likeness (QED) is 0.759. The molecule has 1 atom stereocenters. The molecule has 1 amide bonds. The Labute approximate surface area is 126 Å². The molecule has 1 aromatic carbocycles. The predicted molar refractivity (Wildman–Crippen MR) is 73.4 cm³/mol. The summed E-state index contributed by atoms with van der Waals surface area (Å²) in [5.41, 5.74) is 0.911. The Morgan fingerprint density at radius 2 is 2.00 bits per heavy atom. The fourth-order valence-electron chi connectivity index (χ4n) is 2.48. The van der Waals surface area contributed by atoms with E-state index >= 15 is 0 Å². The van der Waals surface area contributed by atoms with Crippen LogP contribution in [0.5, 0.6) is 0 Å². The first-order valence-electron chi connectivity index (χ1n) is 6.91. The maximum atomic E-state index is 12.6. The van der Waals surface area contributed by atoms with Crippen LogP contribution in [0.3, 0.4) is 0 Å². The molecule has 1 fully saturated rings. The number of nitriles is 1. The van der Waals surface area contributed by atoms with Crippen LogP contribution in [0.25, 0.3) is 0 Å². The van der Waals surface area contributed by atoms with E-state index in [1.165, 1.54) is 4.90 Å². The Morgan fingerprint density at radius 1 is 1.32 bits per heavy atom. The average Bonchev–Trinajstić information content (AvgIpc) is 2.47. The number of hydrogen-bond acceptors (Lipinski definition) is 3. The molecule has 0 saturated carbocycles. The first-order chi connectivity index (χ1) is 10.4. The maximum absolute atomic E-state index is 12.6. The van der Waals surface area contributed by atoms with Crippen molar-refractivity contribution >= 4 is 5.91 Å². The predicted octanol–water partition coefficient (Wildman–Crippen LogP) is 2.70. The summed E-state index contributed by atoms with van der Waals surface area (Å²) >= 11 is 0. The molecule has 1 aromatic rings. The third-order valence-electron chi connectivity index (χ3n) is 3.54. The number of amides is 1. The summed E-state index contributed by atoms with van der Waals surface area (Å²) in [6.07, 6.45) is -4.05. The van der Waals surface area contributed by atoms with Gasteiger partial charge in [-0.05, 0) is 5.56 Å². The van der Waals surface area contributed by atoms with Crippen molar-refractivity contribution in [3.8, 4) is 6.07 Å². The summed E-state index contributed by atoms with van der Waals surface area (Å²) < 4.78 is 37.8. The van der Waals surface area contributed by atoms with E-state index in [0.717, 1.165) is 10.5 Å². The summed E-state index contributed by atoms with van der Waals surface area (Å²) in [5.74, 6) is -0.169. The molecule has 0 aromatic heterocycles. The Balaban J connectivity index is 2.04. The molecular weight excluding hydrogens is 295 g/mol. The molecule has 0 N–H and O–H groups in total. The number of carbonyl (C=O) groups excluding carboxylic acids is 1. The van der Waals surface area contributed by atoms with Crippen molar-refractivity contribution in [3.05, 3.63) is 35.9 Å². The number of likely N-dealkylation sites (tertiary alicyclic amines) is 1. The normalized spacial score (nSPS) is 18.2. The van der Waals surface area contributed by atoms with E-state index in [2.05, 4.69) is 0 Å². The number of halogens is 3. The highest BCUT2D eigenvalue weighted by atomic mass is 19.4. The fourth-order valence-corrected chi connectivity index (χ4v) is 2.48. The van der Waals surface area contributed by atoms with Crippen LogP contribution in [0, 0.1) is 11.3 Å². The standard InChI is InChI=1S/C15H16F3N3O/c16-15(17,18)10-20(8-4-7-19)11-21-13(9-14(21)22)12-5-2-1-3-6-12/h1-3,5-6,13H,4,8-11H2/t13-/m0/s1. The van der Waals surface area contributed by atoms with Gasteiger partial charge in [0.25, 0.3) is 0 Å². The van der Waals surface area contributed by atoms with Gasteiger partial charge in [-0.15, -0.1) is 0 Å². The van der Waals surface area contributed by atoms with E-state index in [-0.39, 0.29) is 31.6 Å². The van der Waals surface area contributed by atoms with Gasteiger partial charge in [0, 0.05) is 13.0 Å². The van der Waals surface area contributed by atoms with Crippen LogP contribution in [0.15, 0.2) is 30.3 Å². The van der Waals surface area contributed by atoms with E-state index in [1.54, 1.807) is 0 Å². The van der Waals surface area contributed by atoms with Crippen LogP contribution in [0.2, 0.25) is 0 Å². The van der Waals surface area contributed by atoms with Gasteiger partial charge in [0.15, 0.2) is 0 Å². The summed E-state index contributed by atoms with van der Waals surface area (Å²) in [5, 5.41) is 8.56. The smallest absolute Gasteiger partial charge is 0.322 e. The number of rotatable bonds is 6. The molecule has 0 unspecified atom stereocenters. The van der Waals surface area contributed by atoms with Crippen molar-refractivity contribution < 1.29 is 18.0 Å². The Kier molecular flexibility index (Phi) is 5.03. The average molecular weight is 311 g/mol. The monoisotopic (exact) mass is 311 g/mol. The number of hydrogen-bond donors (Lipinski definition) is 0. The van der Waals surface area contributed by atoms with Gasteiger partial charge < -0.3 is 4.90 Å². The highest BCUT2D eigenvalue weighted by Crippen LogP contribution is 2.34. The highest BCUT2D eigenvalue weighted by molar-refractivity contribution is 5.83. The summed E-state index contributed by atoms with van der Waals surface area (Å²) in [6, 6.07) is 10.9. The Bertz CT molecular complexity index is 553. The van der Waals surface area contributed by atoms with E-state index in [1.807, 2.05) is 36.4 Å². The number of alkyl halides is 3. The molecule has 0 spiro atoms. The van der Waals surface area contributed by atoms with Crippen LogP contribution in [0.4, 0.5) is 13.2 Å². The second-order valence-corrected chi connectivity index (χ2v) is 5.21. The first kappa shape index (κ1) is 16.3. The molecule has 4 nitrogen and oxygen atoms in total. The zero-order valence-electron chi connectivity index (χ0n) is 11.9. The zero-order valence-corrected chi connectivity index (χ0v) is 11.9. The number of carbonyl (C=O) groups is 1. The third-order valence-corrected chi connectivity index (χ3v) is 3.54. The molecule has 0 bridgehead atoms. The van der Waals surface area contributed by atoms with E-state index in [0.29, 0.717) is 6.42 Å². The van der Waals surface area contributed by atoms with Crippen LogP contribution in [-0.4, -0.2) is 41.6 Å². The topological polar surface area (TPSA) is 47.3 Å². The van der Waals surface area contributed by atoms with E-state index in [4.69, 9.17) is 5.26 Å². The van der Waals surface area contributed by atoms with Gasteiger partial charge in [-0.3, -0.25) is 9.69 Å². The van der Waals surface area contributed by atoms with E-state index < -0.39 is 12.7 Å². The summed E-state index contributed by atoms with van der Waals surface area (Å²) in [6.45, 7) is -1.25. The number of nitrogens with zero attached hydrogens (tertiary/aromatic N) is 3. The minimum Gasteiger partial charge on any atom is -0.322 e. The fraction of sp³-hybridized carbons (Fsp3) is 0.467. The minimum atomic E-state index is -4.36. The van der Waals surface area contributed by atoms with Crippen molar-refractivity contribution in [3.63, 3.8) is 0 Å². The van der Waals surface area contributed by atoms with Gasteiger partial charge in [0.05, 0.1) is 31.7 Å².